The largest absolute Gasteiger partial charge is 0.366 e. The van der Waals surface area contributed by atoms with Crippen LogP contribution in [-0.4, -0.2) is 18.4 Å². The molecule has 2 heteroatoms. The summed E-state index contributed by atoms with van der Waals surface area (Å²) in [6.07, 6.45) is 0. The van der Waals surface area contributed by atoms with Gasteiger partial charge in [0.1, 0.15) is 5.84 Å². The van der Waals surface area contributed by atoms with Gasteiger partial charge in [-0.05, 0) is 33.3 Å². The summed E-state index contributed by atoms with van der Waals surface area (Å²) >= 11 is 0. The van der Waals surface area contributed by atoms with Crippen molar-refractivity contribution >= 4 is 5.84 Å². The number of hydrogen-bond acceptors (Lipinski definition) is 1. The molecule has 0 fully saturated rings. The molecule has 0 bridgehead atoms. The van der Waals surface area contributed by atoms with Gasteiger partial charge in [0.2, 0.25) is 0 Å². The van der Waals surface area contributed by atoms with Crippen molar-refractivity contribution in [3.8, 4) is 0 Å². The van der Waals surface area contributed by atoms with E-state index in [0.29, 0.717) is 0 Å². The van der Waals surface area contributed by atoms with Gasteiger partial charge in [0, 0.05) is 12.6 Å². The fourth-order valence-corrected chi connectivity index (χ4v) is 0.709. The van der Waals surface area contributed by atoms with Gasteiger partial charge in [-0.2, -0.15) is 0 Å². The smallest absolute Gasteiger partial charge is 0.123 e. The van der Waals surface area contributed by atoms with E-state index in [-0.39, 0.29) is 5.54 Å². The van der Waals surface area contributed by atoms with Gasteiger partial charge in [-0.15, -0.1) is 0 Å². The lowest BCUT2D eigenvalue weighted by molar-refractivity contribution is 0.511. The van der Waals surface area contributed by atoms with E-state index >= 15 is 0 Å². The van der Waals surface area contributed by atoms with Gasteiger partial charge in [0.25, 0.3) is 0 Å². The number of rotatable bonds is 1. The average Bonchev–Trinajstić information content (AvgIpc) is 1.80. The van der Waals surface area contributed by atoms with Crippen LogP contribution in [0.3, 0.4) is 0 Å². The first-order valence-electron chi connectivity index (χ1n) is 3.77. The first kappa shape index (κ1) is 10.2. The third-order valence-electron chi connectivity index (χ3n) is 1.12. The summed E-state index contributed by atoms with van der Waals surface area (Å²) in [4.78, 5) is 4.08. The van der Waals surface area contributed by atoms with E-state index in [2.05, 4.69) is 37.7 Å². The molecular formula is C9H18N2. The molecule has 0 aromatic rings. The molecule has 0 amide bonds. The zero-order valence-electron chi connectivity index (χ0n) is 8.15. The molecule has 0 atom stereocenters. The van der Waals surface area contributed by atoms with Crippen LogP contribution in [0.5, 0.6) is 0 Å². The highest BCUT2D eigenvalue weighted by Crippen LogP contribution is 2.01. The second-order valence-corrected chi connectivity index (χ2v) is 3.73. The summed E-state index contributed by atoms with van der Waals surface area (Å²) in [5, 5.41) is 3.26. The predicted molar refractivity (Wildman–Crippen MR) is 51.1 cm³/mol. The molecule has 0 spiro atoms. The highest BCUT2D eigenvalue weighted by atomic mass is 15.0. The van der Waals surface area contributed by atoms with Crippen molar-refractivity contribution in [2.45, 2.75) is 33.2 Å². The van der Waals surface area contributed by atoms with Crippen LogP contribution >= 0.6 is 0 Å². The van der Waals surface area contributed by atoms with Crippen LogP contribution < -0.4 is 5.32 Å². The molecule has 0 saturated carbocycles. The predicted octanol–water partition coefficient (Wildman–Crippen LogP) is 1.98. The Labute approximate surface area is 69.4 Å². The Balaban J connectivity index is 4.24. The van der Waals surface area contributed by atoms with Crippen molar-refractivity contribution in [1.82, 2.24) is 5.32 Å². The van der Waals surface area contributed by atoms with E-state index in [0.717, 1.165) is 11.4 Å². The highest BCUT2D eigenvalue weighted by molar-refractivity contribution is 5.97. The SMILES string of the molecule is C=C(C)C(=NC)NC(C)(C)C. The summed E-state index contributed by atoms with van der Waals surface area (Å²) in [6, 6.07) is 0. The molecule has 0 unspecified atom stereocenters. The number of amidine groups is 1. The molecule has 2 nitrogen and oxygen atoms in total. The molecule has 0 heterocycles. The van der Waals surface area contributed by atoms with Gasteiger partial charge in [0.15, 0.2) is 0 Å². The molecule has 0 aromatic heterocycles. The molecule has 0 aliphatic heterocycles. The maximum atomic E-state index is 4.08. The van der Waals surface area contributed by atoms with E-state index in [4.69, 9.17) is 0 Å². The van der Waals surface area contributed by atoms with E-state index in [1.54, 1.807) is 7.05 Å². The third kappa shape index (κ3) is 4.59. The Bertz CT molecular complexity index is 172. The summed E-state index contributed by atoms with van der Waals surface area (Å²) in [6.45, 7) is 12.1. The normalized spacial score (nSPS) is 13.0. The zero-order chi connectivity index (χ0) is 9.07. The fraction of sp³-hybridized carbons (Fsp3) is 0.667. The van der Waals surface area contributed by atoms with E-state index in [1.165, 1.54) is 0 Å². The highest BCUT2D eigenvalue weighted by Gasteiger charge is 2.11. The van der Waals surface area contributed by atoms with Crippen molar-refractivity contribution < 1.29 is 0 Å². The lowest BCUT2D eigenvalue weighted by Gasteiger charge is -2.23. The molecular weight excluding hydrogens is 136 g/mol. The van der Waals surface area contributed by atoms with E-state index < -0.39 is 0 Å². The van der Waals surface area contributed by atoms with Crippen molar-refractivity contribution in [3.63, 3.8) is 0 Å². The minimum absolute atomic E-state index is 0.0633. The molecule has 0 saturated heterocycles. The molecule has 0 aliphatic rings. The maximum absolute atomic E-state index is 4.08. The molecule has 0 rings (SSSR count). The van der Waals surface area contributed by atoms with Gasteiger partial charge in [-0.25, -0.2) is 0 Å². The first-order valence-corrected chi connectivity index (χ1v) is 3.77. The molecule has 64 valence electrons. The second kappa shape index (κ2) is 3.56. The summed E-state index contributed by atoms with van der Waals surface area (Å²) in [5.41, 5.74) is 1.04. The second-order valence-electron chi connectivity index (χ2n) is 3.73. The topological polar surface area (TPSA) is 24.4 Å². The first-order chi connectivity index (χ1) is 4.87. The molecule has 0 aliphatic carbocycles. The summed E-state index contributed by atoms with van der Waals surface area (Å²) in [7, 11) is 1.77. The number of nitrogens with one attached hydrogen (secondary N) is 1. The van der Waals surface area contributed by atoms with Crippen molar-refractivity contribution in [2.75, 3.05) is 7.05 Å². The molecule has 11 heavy (non-hydrogen) atoms. The van der Waals surface area contributed by atoms with E-state index in [9.17, 15) is 0 Å². The van der Waals surface area contributed by atoms with Crippen LogP contribution in [0.1, 0.15) is 27.7 Å². The quantitative estimate of drug-likeness (QED) is 0.453. The van der Waals surface area contributed by atoms with Crippen LogP contribution in [0.15, 0.2) is 17.1 Å². The van der Waals surface area contributed by atoms with Crippen molar-refractivity contribution in [1.29, 1.82) is 0 Å². The Morgan fingerprint density at radius 2 is 1.82 bits per heavy atom. The van der Waals surface area contributed by atoms with Crippen LogP contribution in [-0.2, 0) is 0 Å². The monoisotopic (exact) mass is 154 g/mol. The van der Waals surface area contributed by atoms with Gasteiger partial charge >= 0.3 is 0 Å². The van der Waals surface area contributed by atoms with Gasteiger partial charge in [-0.1, -0.05) is 6.58 Å². The number of nitrogens with zero attached hydrogens (tertiary/aromatic N) is 1. The van der Waals surface area contributed by atoms with Crippen LogP contribution in [0.4, 0.5) is 0 Å². The van der Waals surface area contributed by atoms with Crippen LogP contribution in [0.25, 0.3) is 0 Å². The molecule has 1 N–H and O–H groups in total. The Morgan fingerprint density at radius 1 is 1.36 bits per heavy atom. The van der Waals surface area contributed by atoms with Gasteiger partial charge in [-0.3, -0.25) is 4.99 Å². The summed E-state index contributed by atoms with van der Waals surface area (Å²) < 4.78 is 0. The molecule has 0 radical (unpaired) electrons. The third-order valence-corrected chi connectivity index (χ3v) is 1.12. The van der Waals surface area contributed by atoms with Crippen molar-refractivity contribution in [2.24, 2.45) is 4.99 Å². The molecule has 0 aromatic carbocycles. The Morgan fingerprint density at radius 3 is 1.91 bits per heavy atom. The lowest BCUT2D eigenvalue weighted by atomic mass is 10.1. The van der Waals surface area contributed by atoms with E-state index in [1.807, 2.05) is 6.92 Å². The number of aliphatic imine (C=N–C) groups is 1. The van der Waals surface area contributed by atoms with Gasteiger partial charge in [0.05, 0.1) is 0 Å². The fourth-order valence-electron chi connectivity index (χ4n) is 0.709. The summed E-state index contributed by atoms with van der Waals surface area (Å²) in [5.74, 6) is 0.887. The van der Waals surface area contributed by atoms with Crippen LogP contribution in [0.2, 0.25) is 0 Å². The Kier molecular flexibility index (Phi) is 3.30. The average molecular weight is 154 g/mol. The standard InChI is InChI=1S/C9H18N2/c1-7(2)8(10-6)11-9(3,4)5/h1H2,2-6H3,(H,10,11). The Hall–Kier alpha value is -0.790. The minimum atomic E-state index is 0.0633. The zero-order valence-corrected chi connectivity index (χ0v) is 8.15. The minimum Gasteiger partial charge on any atom is -0.366 e. The van der Waals surface area contributed by atoms with Gasteiger partial charge < -0.3 is 5.32 Å². The number of hydrogen-bond donors (Lipinski definition) is 1. The maximum Gasteiger partial charge on any atom is 0.123 e. The van der Waals surface area contributed by atoms with Crippen LogP contribution in [0, 0.1) is 0 Å². The van der Waals surface area contributed by atoms with Crippen molar-refractivity contribution in [3.05, 3.63) is 12.2 Å². The lowest BCUT2D eigenvalue weighted by Crippen LogP contribution is -2.40.